The van der Waals surface area contributed by atoms with E-state index < -0.39 is 0 Å². The first-order chi connectivity index (χ1) is 9.34. The Bertz CT molecular complexity index is 319. The van der Waals surface area contributed by atoms with E-state index in [0.29, 0.717) is 0 Å². The van der Waals surface area contributed by atoms with Crippen molar-refractivity contribution >= 4 is 4.16 Å². The fourth-order valence-electron chi connectivity index (χ4n) is 2.60. The van der Waals surface area contributed by atoms with Gasteiger partial charge >= 0.3 is 116 Å². The molecule has 0 aliphatic rings. The summed E-state index contributed by atoms with van der Waals surface area (Å²) < 4.78 is 1.58. The monoisotopic (exact) mass is 309 g/mol. The predicted octanol–water partition coefficient (Wildman–Crippen LogP) is 5.32. The van der Waals surface area contributed by atoms with Crippen molar-refractivity contribution in [2.24, 2.45) is 0 Å². The summed E-state index contributed by atoms with van der Waals surface area (Å²) in [6.45, 7) is 2.29. The first-order valence-electron chi connectivity index (χ1n) is 8.24. The van der Waals surface area contributed by atoms with Crippen molar-refractivity contribution < 1.29 is 18.3 Å². The Morgan fingerprint density at radius 1 is 0.737 bits per heavy atom. The van der Waals surface area contributed by atoms with E-state index in [1.54, 1.807) is 9.72 Å². The van der Waals surface area contributed by atoms with Gasteiger partial charge in [0.2, 0.25) is 0 Å². The molecule has 0 nitrogen and oxygen atoms in total. The van der Waals surface area contributed by atoms with Crippen LogP contribution in [-0.4, -0.2) is 0 Å². The molecule has 0 fully saturated rings. The fraction of sp³-hybridized carbons (Fsp3) is 0.667. The standard InChI is InChI=1S/C18H29.Zn/c1-2-3-4-5-6-7-8-9-10-12-15-18-16-13-11-14-17-18;/h11,13-14,16H,2-10,12,15H2,1H3;. The molecule has 1 aromatic rings. The van der Waals surface area contributed by atoms with Crippen LogP contribution in [0.15, 0.2) is 24.3 Å². The molecule has 0 aliphatic carbocycles. The molecule has 0 aromatic heterocycles. The summed E-state index contributed by atoms with van der Waals surface area (Å²) in [6, 6.07) is 8.95. The SMILES string of the molecule is CCCCCCCCCCCCc1cccc[c]1[Zn]. The molecule has 0 spiro atoms. The van der Waals surface area contributed by atoms with Crippen molar-refractivity contribution in [3.63, 3.8) is 0 Å². The van der Waals surface area contributed by atoms with Crippen LogP contribution in [0.25, 0.3) is 0 Å². The molecule has 19 heavy (non-hydrogen) atoms. The Labute approximate surface area is 130 Å². The average molecular weight is 311 g/mol. The van der Waals surface area contributed by atoms with Crippen molar-refractivity contribution in [1.29, 1.82) is 0 Å². The zero-order valence-electron chi connectivity index (χ0n) is 12.8. The third-order valence-corrected chi connectivity index (χ3v) is 5.37. The Morgan fingerprint density at radius 2 is 1.26 bits per heavy atom. The summed E-state index contributed by atoms with van der Waals surface area (Å²) in [5, 5.41) is 0. The Hall–Kier alpha value is -0.157. The zero-order chi connectivity index (χ0) is 13.8. The van der Waals surface area contributed by atoms with Crippen LogP contribution in [0.3, 0.4) is 0 Å². The summed E-state index contributed by atoms with van der Waals surface area (Å²) in [5.41, 5.74) is 1.60. The Kier molecular flexibility index (Phi) is 10.4. The summed E-state index contributed by atoms with van der Waals surface area (Å²) in [4.78, 5) is 0. The van der Waals surface area contributed by atoms with Crippen molar-refractivity contribution in [3.8, 4) is 0 Å². The van der Waals surface area contributed by atoms with Gasteiger partial charge in [-0.1, -0.05) is 13.3 Å². The maximum atomic E-state index is 2.31. The number of rotatable bonds is 11. The normalized spacial score (nSPS) is 10.9. The molecule has 0 unspecified atom stereocenters. The van der Waals surface area contributed by atoms with Gasteiger partial charge in [-0.2, -0.15) is 0 Å². The second kappa shape index (κ2) is 11.7. The van der Waals surface area contributed by atoms with Gasteiger partial charge < -0.3 is 0 Å². The van der Waals surface area contributed by atoms with Gasteiger partial charge in [-0.3, -0.25) is 0 Å². The van der Waals surface area contributed by atoms with E-state index in [1.165, 1.54) is 88.9 Å². The van der Waals surface area contributed by atoms with Gasteiger partial charge in [0.1, 0.15) is 0 Å². The number of unbranched alkanes of at least 4 members (excludes halogenated alkanes) is 9. The molecule has 103 valence electrons. The Morgan fingerprint density at radius 3 is 1.84 bits per heavy atom. The topological polar surface area (TPSA) is 0 Å². The minimum atomic E-state index is 1.30. The summed E-state index contributed by atoms with van der Waals surface area (Å²) >= 11 is 1.30. The third kappa shape index (κ3) is 8.58. The van der Waals surface area contributed by atoms with E-state index in [2.05, 4.69) is 31.2 Å². The van der Waals surface area contributed by atoms with Crippen LogP contribution in [0.5, 0.6) is 0 Å². The first-order valence-corrected chi connectivity index (χ1v) is 9.73. The van der Waals surface area contributed by atoms with Crippen LogP contribution in [-0.2, 0) is 24.7 Å². The molecule has 0 aliphatic heterocycles. The van der Waals surface area contributed by atoms with E-state index >= 15 is 0 Å². The second-order valence-corrected chi connectivity index (χ2v) is 7.30. The quantitative estimate of drug-likeness (QED) is 0.383. The minimum absolute atomic E-state index is 1.30. The molecule has 0 heterocycles. The molecule has 0 saturated carbocycles. The van der Waals surface area contributed by atoms with Crippen LogP contribution in [0.1, 0.15) is 76.7 Å². The molecule has 0 radical (unpaired) electrons. The van der Waals surface area contributed by atoms with Crippen LogP contribution in [0.2, 0.25) is 0 Å². The van der Waals surface area contributed by atoms with Crippen molar-refractivity contribution in [2.75, 3.05) is 0 Å². The van der Waals surface area contributed by atoms with E-state index in [-0.39, 0.29) is 0 Å². The Balaban J connectivity index is 1.90. The van der Waals surface area contributed by atoms with Gasteiger partial charge in [-0.15, -0.1) is 0 Å². The molecule has 0 amide bonds. The first kappa shape index (κ1) is 16.9. The number of benzene rings is 1. The third-order valence-electron chi connectivity index (χ3n) is 3.92. The van der Waals surface area contributed by atoms with Crippen LogP contribution < -0.4 is 4.16 Å². The number of aryl methyl sites for hydroxylation is 1. The number of hydrogen-bond donors (Lipinski definition) is 0. The molecule has 1 heteroatoms. The van der Waals surface area contributed by atoms with Crippen molar-refractivity contribution in [3.05, 3.63) is 29.8 Å². The van der Waals surface area contributed by atoms with Gasteiger partial charge in [-0.05, 0) is 0 Å². The van der Waals surface area contributed by atoms with Crippen LogP contribution in [0.4, 0.5) is 0 Å². The maximum absolute atomic E-state index is 2.31. The zero-order valence-corrected chi connectivity index (χ0v) is 15.8. The molecule has 0 bridgehead atoms. The fourth-order valence-corrected chi connectivity index (χ4v) is 3.51. The number of hydrogen-bond acceptors (Lipinski definition) is 0. The van der Waals surface area contributed by atoms with E-state index in [4.69, 9.17) is 0 Å². The van der Waals surface area contributed by atoms with E-state index in [1.807, 2.05) is 0 Å². The molecule has 1 aromatic carbocycles. The molecular weight excluding hydrogens is 282 g/mol. The molecule has 0 saturated heterocycles. The van der Waals surface area contributed by atoms with Gasteiger partial charge in [-0.25, -0.2) is 0 Å². The second-order valence-electron chi connectivity index (χ2n) is 5.70. The summed E-state index contributed by atoms with van der Waals surface area (Å²) in [7, 11) is 0. The molecular formula is C18H29Zn. The van der Waals surface area contributed by atoms with Gasteiger partial charge in [0.05, 0.1) is 0 Å². The van der Waals surface area contributed by atoms with Crippen LogP contribution in [0, 0.1) is 0 Å². The van der Waals surface area contributed by atoms with E-state index in [9.17, 15) is 0 Å². The van der Waals surface area contributed by atoms with Gasteiger partial charge in [0.15, 0.2) is 0 Å². The van der Waals surface area contributed by atoms with Crippen molar-refractivity contribution in [2.45, 2.75) is 77.6 Å². The summed E-state index contributed by atoms with van der Waals surface area (Å²) in [6.07, 6.45) is 15.6. The average Bonchev–Trinajstić information content (AvgIpc) is 2.43. The van der Waals surface area contributed by atoms with E-state index in [0.717, 1.165) is 0 Å². The summed E-state index contributed by atoms with van der Waals surface area (Å²) in [5.74, 6) is 0. The molecule has 0 atom stereocenters. The van der Waals surface area contributed by atoms with Gasteiger partial charge in [0, 0.05) is 0 Å². The molecule has 0 N–H and O–H groups in total. The predicted molar refractivity (Wildman–Crippen MR) is 81.6 cm³/mol. The molecule has 1 rings (SSSR count). The van der Waals surface area contributed by atoms with Crippen molar-refractivity contribution in [1.82, 2.24) is 0 Å². The van der Waals surface area contributed by atoms with Crippen LogP contribution >= 0.6 is 0 Å². The van der Waals surface area contributed by atoms with Gasteiger partial charge in [0.25, 0.3) is 0 Å².